The van der Waals surface area contributed by atoms with E-state index in [0.717, 1.165) is 25.3 Å². The first kappa shape index (κ1) is 14.0. The number of aromatic nitrogens is 1. The van der Waals surface area contributed by atoms with Gasteiger partial charge in [0.05, 0.1) is 10.7 Å². The molecule has 0 fully saturated rings. The van der Waals surface area contributed by atoms with E-state index in [1.165, 1.54) is 36.4 Å². The Morgan fingerprint density at radius 3 is 2.78 bits per heavy atom. The van der Waals surface area contributed by atoms with Gasteiger partial charge in [0, 0.05) is 4.88 Å². The van der Waals surface area contributed by atoms with Crippen LogP contribution in [0.25, 0.3) is 0 Å². The van der Waals surface area contributed by atoms with Crippen molar-refractivity contribution in [3.05, 3.63) is 15.6 Å². The van der Waals surface area contributed by atoms with E-state index < -0.39 is 0 Å². The van der Waals surface area contributed by atoms with Crippen molar-refractivity contribution in [1.82, 2.24) is 4.98 Å². The molecule has 0 saturated carbocycles. The molecule has 0 aromatic carbocycles. The maximum absolute atomic E-state index is 5.54. The zero-order valence-electron chi connectivity index (χ0n) is 12.0. The number of unbranched alkanes of at least 4 members (excludes halogenated alkanes) is 1. The lowest BCUT2D eigenvalue weighted by molar-refractivity contribution is 0.217. The fourth-order valence-corrected chi connectivity index (χ4v) is 3.93. The highest BCUT2D eigenvalue weighted by Gasteiger charge is 2.30. The third-order valence-electron chi connectivity index (χ3n) is 4.05. The molecule has 1 unspecified atom stereocenters. The number of fused-ring (bicyclic) bond motifs is 1. The fourth-order valence-electron chi connectivity index (χ4n) is 2.70. The molecule has 1 aliphatic rings. The van der Waals surface area contributed by atoms with E-state index in [2.05, 4.69) is 20.8 Å². The molecule has 0 bridgehead atoms. The van der Waals surface area contributed by atoms with Crippen LogP contribution in [0.4, 0.5) is 0 Å². The molecule has 1 heterocycles. The Labute approximate surface area is 115 Å². The summed E-state index contributed by atoms with van der Waals surface area (Å²) in [5.74, 6) is 0.822. The minimum absolute atomic E-state index is 0.432. The normalized spacial score (nSPS) is 19.9. The standard InChI is InChI=1S/C15H26N2S/c1-15(2,3)11-7-8-12-13(10-11)18-14(17-12)6-4-5-9-16/h11H,4-10,16H2,1-3H3. The van der Waals surface area contributed by atoms with E-state index in [-0.39, 0.29) is 0 Å². The average molecular weight is 266 g/mol. The summed E-state index contributed by atoms with van der Waals surface area (Å²) in [6.45, 7) is 7.90. The molecule has 2 nitrogen and oxygen atoms in total. The highest BCUT2D eigenvalue weighted by Crippen LogP contribution is 2.39. The van der Waals surface area contributed by atoms with Crippen LogP contribution in [0, 0.1) is 11.3 Å². The van der Waals surface area contributed by atoms with Gasteiger partial charge in [-0.3, -0.25) is 0 Å². The van der Waals surface area contributed by atoms with E-state index in [1.54, 1.807) is 4.88 Å². The molecule has 2 N–H and O–H groups in total. The lowest BCUT2D eigenvalue weighted by Gasteiger charge is -2.33. The second kappa shape index (κ2) is 5.70. The molecular formula is C15H26N2S. The maximum Gasteiger partial charge on any atom is 0.0931 e. The van der Waals surface area contributed by atoms with Crippen LogP contribution in [-0.2, 0) is 19.3 Å². The molecule has 1 atom stereocenters. The Hall–Kier alpha value is -0.410. The third kappa shape index (κ3) is 3.33. The van der Waals surface area contributed by atoms with Crippen LogP contribution in [0.1, 0.15) is 55.6 Å². The first-order valence-electron chi connectivity index (χ1n) is 7.18. The number of hydrogen-bond donors (Lipinski definition) is 1. The Bertz CT molecular complexity index is 390. The minimum Gasteiger partial charge on any atom is -0.330 e. The zero-order valence-corrected chi connectivity index (χ0v) is 12.8. The van der Waals surface area contributed by atoms with Crippen molar-refractivity contribution in [3.63, 3.8) is 0 Å². The van der Waals surface area contributed by atoms with Crippen molar-refractivity contribution in [1.29, 1.82) is 0 Å². The van der Waals surface area contributed by atoms with E-state index in [9.17, 15) is 0 Å². The summed E-state index contributed by atoms with van der Waals surface area (Å²) in [6.07, 6.45) is 7.16. The van der Waals surface area contributed by atoms with Gasteiger partial charge in [-0.05, 0) is 56.4 Å². The van der Waals surface area contributed by atoms with Crippen LogP contribution in [0.5, 0.6) is 0 Å². The van der Waals surface area contributed by atoms with Crippen molar-refractivity contribution < 1.29 is 0 Å². The van der Waals surface area contributed by atoms with Crippen molar-refractivity contribution in [2.75, 3.05) is 6.54 Å². The van der Waals surface area contributed by atoms with Crippen molar-refractivity contribution in [2.45, 2.75) is 59.3 Å². The predicted molar refractivity (Wildman–Crippen MR) is 79.1 cm³/mol. The van der Waals surface area contributed by atoms with Gasteiger partial charge in [-0.15, -0.1) is 11.3 Å². The molecule has 0 aliphatic heterocycles. The highest BCUT2D eigenvalue weighted by molar-refractivity contribution is 7.11. The van der Waals surface area contributed by atoms with Gasteiger partial charge in [0.15, 0.2) is 0 Å². The summed E-state index contributed by atoms with van der Waals surface area (Å²) < 4.78 is 0. The van der Waals surface area contributed by atoms with Gasteiger partial charge in [0.25, 0.3) is 0 Å². The van der Waals surface area contributed by atoms with Gasteiger partial charge < -0.3 is 5.73 Å². The third-order valence-corrected chi connectivity index (χ3v) is 5.23. The topological polar surface area (TPSA) is 38.9 Å². The highest BCUT2D eigenvalue weighted by atomic mass is 32.1. The van der Waals surface area contributed by atoms with Gasteiger partial charge in [0.1, 0.15) is 0 Å². The molecule has 102 valence electrons. The van der Waals surface area contributed by atoms with Crippen molar-refractivity contribution >= 4 is 11.3 Å². The summed E-state index contributed by atoms with van der Waals surface area (Å²) in [7, 11) is 0. The number of aryl methyl sites for hydroxylation is 2. The number of nitrogens with zero attached hydrogens (tertiary/aromatic N) is 1. The van der Waals surface area contributed by atoms with Crippen LogP contribution in [0.2, 0.25) is 0 Å². The van der Waals surface area contributed by atoms with Gasteiger partial charge in [-0.2, -0.15) is 0 Å². The van der Waals surface area contributed by atoms with E-state index in [0.29, 0.717) is 5.41 Å². The molecule has 0 saturated heterocycles. The molecule has 3 heteroatoms. The second-order valence-corrected chi connectivity index (χ2v) is 7.70. The van der Waals surface area contributed by atoms with Crippen LogP contribution in [0.15, 0.2) is 0 Å². The molecule has 2 rings (SSSR count). The first-order valence-corrected chi connectivity index (χ1v) is 8.00. The number of rotatable bonds is 4. The quantitative estimate of drug-likeness (QED) is 0.846. The first-order chi connectivity index (χ1) is 8.50. The minimum atomic E-state index is 0.432. The van der Waals surface area contributed by atoms with Crippen LogP contribution in [0.3, 0.4) is 0 Å². The second-order valence-electron chi connectivity index (χ2n) is 6.53. The number of nitrogens with two attached hydrogens (primary N) is 1. The average Bonchev–Trinajstić information content (AvgIpc) is 2.69. The van der Waals surface area contributed by atoms with Gasteiger partial charge in [0.2, 0.25) is 0 Å². The monoisotopic (exact) mass is 266 g/mol. The summed E-state index contributed by atoms with van der Waals surface area (Å²) in [5.41, 5.74) is 7.36. The molecule has 0 radical (unpaired) electrons. The molecule has 18 heavy (non-hydrogen) atoms. The largest absolute Gasteiger partial charge is 0.330 e. The fraction of sp³-hybridized carbons (Fsp3) is 0.800. The maximum atomic E-state index is 5.54. The molecule has 1 aliphatic carbocycles. The summed E-state index contributed by atoms with van der Waals surface area (Å²) in [5, 5.41) is 1.34. The molecular weight excluding hydrogens is 240 g/mol. The lowest BCUT2D eigenvalue weighted by atomic mass is 9.73. The van der Waals surface area contributed by atoms with Crippen molar-refractivity contribution in [2.24, 2.45) is 17.1 Å². The lowest BCUT2D eigenvalue weighted by Crippen LogP contribution is -2.26. The van der Waals surface area contributed by atoms with Gasteiger partial charge in [-0.25, -0.2) is 4.98 Å². The zero-order chi connectivity index (χ0) is 13.2. The Morgan fingerprint density at radius 1 is 1.33 bits per heavy atom. The van der Waals surface area contributed by atoms with Gasteiger partial charge >= 0.3 is 0 Å². The van der Waals surface area contributed by atoms with Crippen molar-refractivity contribution in [3.8, 4) is 0 Å². The molecule has 0 amide bonds. The summed E-state index contributed by atoms with van der Waals surface area (Å²) in [4.78, 5) is 6.38. The Balaban J connectivity index is 2.00. The molecule has 1 aromatic rings. The Morgan fingerprint density at radius 2 is 2.11 bits per heavy atom. The summed E-state index contributed by atoms with van der Waals surface area (Å²) >= 11 is 1.95. The van der Waals surface area contributed by atoms with E-state index >= 15 is 0 Å². The van der Waals surface area contributed by atoms with Crippen LogP contribution >= 0.6 is 11.3 Å². The predicted octanol–water partition coefficient (Wildman–Crippen LogP) is 3.58. The van der Waals surface area contributed by atoms with E-state index in [4.69, 9.17) is 10.7 Å². The van der Waals surface area contributed by atoms with Crippen LogP contribution < -0.4 is 5.73 Å². The smallest absolute Gasteiger partial charge is 0.0931 e. The summed E-state index contributed by atoms with van der Waals surface area (Å²) in [6, 6.07) is 0. The van der Waals surface area contributed by atoms with Gasteiger partial charge in [-0.1, -0.05) is 20.8 Å². The number of thiazole rings is 1. The van der Waals surface area contributed by atoms with Crippen LogP contribution in [-0.4, -0.2) is 11.5 Å². The molecule has 0 spiro atoms. The SMILES string of the molecule is CC(C)(C)C1CCc2nc(CCCCN)sc2C1. The van der Waals surface area contributed by atoms with E-state index in [1.807, 2.05) is 11.3 Å². The molecule has 1 aromatic heterocycles. The number of hydrogen-bond acceptors (Lipinski definition) is 3. The Kier molecular flexibility index (Phi) is 4.44.